The number of ether oxygens (including phenoxy) is 1. The maximum absolute atomic E-state index is 11.5. The molecule has 1 aliphatic carbocycles. The van der Waals surface area contributed by atoms with Crippen molar-refractivity contribution >= 4 is 5.91 Å². The smallest absolute Gasteiger partial charge is 0.254 e. The van der Waals surface area contributed by atoms with Gasteiger partial charge in [0.15, 0.2) is 0 Å². The van der Waals surface area contributed by atoms with E-state index in [4.69, 9.17) is 16.2 Å². The molecule has 1 fully saturated rings. The van der Waals surface area contributed by atoms with E-state index in [1.54, 1.807) is 13.0 Å². The van der Waals surface area contributed by atoms with Crippen LogP contribution in [0.1, 0.15) is 41.0 Å². The minimum atomic E-state index is -0.503. The molecule has 1 saturated carbocycles. The zero-order valence-electron chi connectivity index (χ0n) is 10.8. The van der Waals surface area contributed by atoms with Gasteiger partial charge in [-0.25, -0.2) is 0 Å². The molecule has 1 amide bonds. The first-order valence-electron chi connectivity index (χ1n) is 6.17. The zero-order valence-corrected chi connectivity index (χ0v) is 10.8. The van der Waals surface area contributed by atoms with E-state index in [-0.39, 0.29) is 12.1 Å². The van der Waals surface area contributed by atoms with E-state index < -0.39 is 5.91 Å². The normalized spacial score (nSPS) is 23.1. The van der Waals surface area contributed by atoms with Gasteiger partial charge in [-0.05, 0) is 33.1 Å². The highest BCUT2D eigenvalue weighted by molar-refractivity contribution is 5.96. The molecule has 1 aromatic rings. The number of nitrogens with two attached hydrogens (primary N) is 2. The summed E-state index contributed by atoms with van der Waals surface area (Å²) in [7, 11) is 0. The van der Waals surface area contributed by atoms with Gasteiger partial charge in [-0.3, -0.25) is 9.78 Å². The molecule has 0 bridgehead atoms. The fourth-order valence-corrected chi connectivity index (χ4v) is 2.45. The summed E-state index contributed by atoms with van der Waals surface area (Å²) < 4.78 is 5.88. The average Bonchev–Trinajstić information content (AvgIpc) is 2.62. The summed E-state index contributed by atoms with van der Waals surface area (Å²) in [5.41, 5.74) is 13.0. The fraction of sp³-hybridized carbons (Fsp3) is 0.538. The zero-order chi connectivity index (χ0) is 13.3. The van der Waals surface area contributed by atoms with Crippen LogP contribution in [0.4, 0.5) is 0 Å². The van der Waals surface area contributed by atoms with Gasteiger partial charge in [-0.1, -0.05) is 0 Å². The summed E-state index contributed by atoms with van der Waals surface area (Å²) in [5.74, 6) is 0.0314. The van der Waals surface area contributed by atoms with Crippen LogP contribution in [-0.4, -0.2) is 23.0 Å². The molecule has 1 aliphatic rings. The molecule has 0 aromatic carbocycles. The van der Waals surface area contributed by atoms with Crippen LogP contribution in [0.3, 0.4) is 0 Å². The lowest BCUT2D eigenvalue weighted by Crippen LogP contribution is -2.22. The molecular formula is C13H19N3O2. The molecule has 0 spiro atoms. The van der Waals surface area contributed by atoms with Crippen molar-refractivity contribution in [2.45, 2.75) is 45.3 Å². The van der Waals surface area contributed by atoms with Crippen molar-refractivity contribution in [3.8, 4) is 5.75 Å². The van der Waals surface area contributed by atoms with E-state index in [1.807, 2.05) is 6.92 Å². The van der Waals surface area contributed by atoms with Gasteiger partial charge in [0.2, 0.25) is 0 Å². The number of carbonyl (C=O) groups is 1. The van der Waals surface area contributed by atoms with Crippen molar-refractivity contribution in [2.24, 2.45) is 11.5 Å². The Labute approximate surface area is 107 Å². The second-order valence-electron chi connectivity index (χ2n) is 4.90. The number of pyridine rings is 1. The molecule has 98 valence electrons. The van der Waals surface area contributed by atoms with Crippen molar-refractivity contribution in [3.63, 3.8) is 0 Å². The van der Waals surface area contributed by atoms with Crippen molar-refractivity contribution < 1.29 is 9.53 Å². The molecule has 0 radical (unpaired) electrons. The highest BCUT2D eigenvalue weighted by atomic mass is 16.5. The van der Waals surface area contributed by atoms with E-state index in [0.717, 1.165) is 25.0 Å². The van der Waals surface area contributed by atoms with Crippen molar-refractivity contribution in [1.29, 1.82) is 0 Å². The number of aromatic nitrogens is 1. The second kappa shape index (κ2) is 4.94. The number of nitrogens with zero attached hydrogens (tertiary/aromatic N) is 1. The summed E-state index contributed by atoms with van der Waals surface area (Å²) >= 11 is 0. The Morgan fingerprint density at radius 3 is 2.72 bits per heavy atom. The minimum Gasteiger partial charge on any atom is -0.489 e. The summed E-state index contributed by atoms with van der Waals surface area (Å²) in [4.78, 5) is 15.7. The van der Waals surface area contributed by atoms with Gasteiger partial charge in [0.05, 0.1) is 5.69 Å². The lowest BCUT2D eigenvalue weighted by atomic mass is 10.1. The van der Waals surface area contributed by atoms with Crippen LogP contribution in [0.25, 0.3) is 0 Å². The Kier molecular flexibility index (Phi) is 3.52. The first-order chi connectivity index (χ1) is 8.47. The van der Waals surface area contributed by atoms with Gasteiger partial charge >= 0.3 is 0 Å². The van der Waals surface area contributed by atoms with Gasteiger partial charge in [0.25, 0.3) is 5.91 Å². The highest BCUT2D eigenvalue weighted by Crippen LogP contribution is 2.28. The second-order valence-corrected chi connectivity index (χ2v) is 4.90. The lowest BCUT2D eigenvalue weighted by Gasteiger charge is -2.17. The van der Waals surface area contributed by atoms with Crippen molar-refractivity contribution in [1.82, 2.24) is 4.98 Å². The minimum absolute atomic E-state index is 0.0688. The third kappa shape index (κ3) is 2.61. The van der Waals surface area contributed by atoms with Gasteiger partial charge in [-0.15, -0.1) is 0 Å². The molecule has 1 aromatic heterocycles. The van der Waals surface area contributed by atoms with E-state index in [2.05, 4.69) is 4.98 Å². The van der Waals surface area contributed by atoms with Gasteiger partial charge < -0.3 is 16.2 Å². The number of hydrogen-bond donors (Lipinski definition) is 2. The molecule has 0 aliphatic heterocycles. The third-order valence-corrected chi connectivity index (χ3v) is 3.26. The Morgan fingerprint density at radius 1 is 1.44 bits per heavy atom. The van der Waals surface area contributed by atoms with Crippen LogP contribution in [0.5, 0.6) is 5.75 Å². The number of primary amides is 1. The molecule has 2 atom stereocenters. The van der Waals surface area contributed by atoms with Crippen LogP contribution >= 0.6 is 0 Å². The van der Waals surface area contributed by atoms with E-state index in [0.29, 0.717) is 17.0 Å². The number of amides is 1. The van der Waals surface area contributed by atoms with Crippen LogP contribution in [0.2, 0.25) is 0 Å². The molecule has 18 heavy (non-hydrogen) atoms. The summed E-state index contributed by atoms with van der Waals surface area (Å²) in [6, 6.07) is 1.95. The lowest BCUT2D eigenvalue weighted by molar-refractivity contribution is 0.0992. The fourth-order valence-electron chi connectivity index (χ4n) is 2.45. The summed E-state index contributed by atoms with van der Waals surface area (Å²) in [6.45, 7) is 3.63. The Hall–Kier alpha value is -1.62. The molecular weight excluding hydrogens is 230 g/mol. The molecule has 5 nitrogen and oxygen atoms in total. The topological polar surface area (TPSA) is 91.2 Å². The summed E-state index contributed by atoms with van der Waals surface area (Å²) in [5, 5.41) is 0. The Morgan fingerprint density at radius 2 is 2.17 bits per heavy atom. The van der Waals surface area contributed by atoms with Crippen molar-refractivity contribution in [3.05, 3.63) is 23.0 Å². The quantitative estimate of drug-likeness (QED) is 0.837. The molecule has 5 heteroatoms. The largest absolute Gasteiger partial charge is 0.489 e. The van der Waals surface area contributed by atoms with Crippen LogP contribution < -0.4 is 16.2 Å². The number of aryl methyl sites for hydroxylation is 2. The SMILES string of the molecule is Cc1cc(OC2CCC(N)C2)c(C(N)=O)c(C)n1. The van der Waals surface area contributed by atoms with Crippen LogP contribution in [0.15, 0.2) is 6.07 Å². The molecule has 2 rings (SSSR count). The molecule has 0 saturated heterocycles. The third-order valence-electron chi connectivity index (χ3n) is 3.26. The monoisotopic (exact) mass is 249 g/mol. The van der Waals surface area contributed by atoms with E-state index >= 15 is 0 Å². The maximum Gasteiger partial charge on any atom is 0.254 e. The number of hydrogen-bond acceptors (Lipinski definition) is 4. The number of carbonyl (C=O) groups excluding carboxylic acids is 1. The van der Waals surface area contributed by atoms with Gasteiger partial charge in [-0.2, -0.15) is 0 Å². The van der Waals surface area contributed by atoms with Crippen molar-refractivity contribution in [2.75, 3.05) is 0 Å². The van der Waals surface area contributed by atoms with Crippen LogP contribution in [-0.2, 0) is 0 Å². The van der Waals surface area contributed by atoms with E-state index in [1.165, 1.54) is 0 Å². The molecule has 1 heterocycles. The van der Waals surface area contributed by atoms with Gasteiger partial charge in [0.1, 0.15) is 17.4 Å². The van der Waals surface area contributed by atoms with E-state index in [9.17, 15) is 4.79 Å². The predicted octanol–water partition coefficient (Wildman–Crippen LogP) is 1.06. The summed E-state index contributed by atoms with van der Waals surface area (Å²) in [6.07, 6.45) is 2.76. The average molecular weight is 249 g/mol. The standard InChI is InChI=1S/C13H19N3O2/c1-7-5-11(12(13(15)17)8(2)16-7)18-10-4-3-9(14)6-10/h5,9-10H,3-4,6,14H2,1-2H3,(H2,15,17). The number of rotatable bonds is 3. The van der Waals surface area contributed by atoms with Crippen LogP contribution in [0, 0.1) is 13.8 Å². The first kappa shape index (κ1) is 12.8. The Balaban J connectivity index is 2.28. The van der Waals surface area contributed by atoms with Gasteiger partial charge in [0, 0.05) is 17.8 Å². The highest BCUT2D eigenvalue weighted by Gasteiger charge is 2.25. The predicted molar refractivity (Wildman–Crippen MR) is 68.5 cm³/mol. The molecule has 4 N–H and O–H groups in total. The first-order valence-corrected chi connectivity index (χ1v) is 6.17. The molecule has 2 unspecified atom stereocenters. The Bertz CT molecular complexity index is 474. The maximum atomic E-state index is 11.5.